The van der Waals surface area contributed by atoms with Crippen LogP contribution in [0.3, 0.4) is 0 Å². The molecule has 0 atom stereocenters. The minimum absolute atomic E-state index is 0.205. The first kappa shape index (κ1) is 19.0. The Kier molecular flexibility index (Phi) is 7.43. The molecule has 0 saturated heterocycles. The van der Waals surface area contributed by atoms with Crippen molar-refractivity contribution in [3.8, 4) is 5.69 Å². The van der Waals surface area contributed by atoms with Gasteiger partial charge in [-0.1, -0.05) is 18.2 Å². The number of carbonyl (C=O) groups excluding carboxylic acids is 1. The molecule has 0 fully saturated rings. The number of benzene rings is 1. The quantitative estimate of drug-likeness (QED) is 0.682. The zero-order valence-corrected chi connectivity index (χ0v) is 15.3. The maximum absolute atomic E-state index is 11.9. The molecule has 2 rings (SSSR count). The van der Waals surface area contributed by atoms with E-state index in [-0.39, 0.29) is 6.03 Å². The zero-order valence-electron chi connectivity index (χ0n) is 15.3. The molecule has 0 aliphatic rings. The molecule has 1 aromatic heterocycles. The third-order valence-corrected chi connectivity index (χ3v) is 3.79. The van der Waals surface area contributed by atoms with Crippen molar-refractivity contribution in [2.24, 2.45) is 0 Å². The van der Waals surface area contributed by atoms with Crippen LogP contribution in [0.25, 0.3) is 5.69 Å². The van der Waals surface area contributed by atoms with E-state index in [1.165, 1.54) is 0 Å². The van der Waals surface area contributed by atoms with Crippen molar-refractivity contribution < 1.29 is 4.79 Å². The van der Waals surface area contributed by atoms with Gasteiger partial charge in [0.25, 0.3) is 0 Å². The number of urea groups is 1. The Bertz CT molecular complexity index is 640. The summed E-state index contributed by atoms with van der Waals surface area (Å²) in [5.41, 5.74) is 1.63. The summed E-state index contributed by atoms with van der Waals surface area (Å²) >= 11 is 0. The van der Waals surface area contributed by atoms with Gasteiger partial charge in [-0.25, -0.2) is 9.48 Å². The fraction of sp³-hybridized carbons (Fsp3) is 0.444. The maximum atomic E-state index is 11.9. The molecule has 0 unspecified atom stereocenters. The molecule has 1 heterocycles. The van der Waals surface area contributed by atoms with E-state index in [1.54, 1.807) is 17.1 Å². The normalized spacial score (nSPS) is 11.1. The number of likely N-dealkylation sites (N-methyl/N-ethyl adjacent to an activating group) is 2. The summed E-state index contributed by atoms with van der Waals surface area (Å²) in [6.45, 7) is 3.67. The van der Waals surface area contributed by atoms with Crippen LogP contribution in [0, 0.1) is 0 Å². The zero-order chi connectivity index (χ0) is 18.1. The number of anilines is 1. The van der Waals surface area contributed by atoms with E-state index in [2.05, 4.69) is 46.7 Å². The van der Waals surface area contributed by atoms with Crippen LogP contribution in [0.5, 0.6) is 0 Å². The van der Waals surface area contributed by atoms with Crippen molar-refractivity contribution >= 4 is 11.7 Å². The number of hydrogen-bond donors (Lipinski definition) is 2. The van der Waals surface area contributed by atoms with Crippen molar-refractivity contribution in [2.45, 2.75) is 6.42 Å². The summed E-state index contributed by atoms with van der Waals surface area (Å²) < 4.78 is 1.73. The molecular weight excluding hydrogens is 316 g/mol. The third-order valence-electron chi connectivity index (χ3n) is 3.79. The van der Waals surface area contributed by atoms with E-state index < -0.39 is 0 Å². The van der Waals surface area contributed by atoms with Crippen molar-refractivity contribution in [3.05, 3.63) is 42.7 Å². The minimum Gasteiger partial charge on any atom is -0.338 e. The largest absolute Gasteiger partial charge is 0.338 e. The molecule has 0 aliphatic carbocycles. The Morgan fingerprint density at radius 1 is 1.12 bits per heavy atom. The van der Waals surface area contributed by atoms with Gasteiger partial charge in [-0.05, 0) is 46.2 Å². The highest BCUT2D eigenvalue weighted by molar-refractivity contribution is 5.88. The van der Waals surface area contributed by atoms with E-state index in [1.807, 2.05) is 30.3 Å². The van der Waals surface area contributed by atoms with Crippen LogP contribution in [0.4, 0.5) is 10.5 Å². The molecule has 0 saturated carbocycles. The molecule has 7 heteroatoms. The minimum atomic E-state index is -0.205. The van der Waals surface area contributed by atoms with Gasteiger partial charge in [-0.15, -0.1) is 0 Å². The Labute approximate surface area is 149 Å². The highest BCUT2D eigenvalue weighted by Gasteiger charge is 2.05. The summed E-state index contributed by atoms with van der Waals surface area (Å²) in [5.74, 6) is 0. The first-order valence-electron chi connectivity index (χ1n) is 8.53. The van der Waals surface area contributed by atoms with Gasteiger partial charge < -0.3 is 20.4 Å². The van der Waals surface area contributed by atoms with Gasteiger partial charge in [0.15, 0.2) is 0 Å². The Balaban J connectivity index is 1.66. The predicted octanol–water partition coefficient (Wildman–Crippen LogP) is 1.88. The smallest absolute Gasteiger partial charge is 0.319 e. The molecule has 0 radical (unpaired) electrons. The lowest BCUT2D eigenvalue weighted by Crippen LogP contribution is -2.33. The van der Waals surface area contributed by atoms with Gasteiger partial charge in [0.2, 0.25) is 0 Å². The average molecular weight is 344 g/mol. The van der Waals surface area contributed by atoms with Gasteiger partial charge in [-0.3, -0.25) is 0 Å². The molecule has 2 N–H and O–H groups in total. The second-order valence-electron chi connectivity index (χ2n) is 6.35. The molecule has 25 heavy (non-hydrogen) atoms. The predicted molar refractivity (Wildman–Crippen MR) is 101 cm³/mol. The molecule has 0 spiro atoms. The molecule has 136 valence electrons. The van der Waals surface area contributed by atoms with Crippen LogP contribution in [0.2, 0.25) is 0 Å². The van der Waals surface area contributed by atoms with Gasteiger partial charge >= 0.3 is 6.03 Å². The summed E-state index contributed by atoms with van der Waals surface area (Å²) in [4.78, 5) is 16.4. The lowest BCUT2D eigenvalue weighted by Gasteiger charge is -2.19. The second-order valence-corrected chi connectivity index (χ2v) is 6.35. The standard InChI is InChI=1S/C18H28N6O/c1-22(2)12-13-23(3)11-7-10-19-18(25)21-16-14-20-24(15-16)17-8-5-4-6-9-17/h4-6,8-9,14-15H,7,10-13H2,1-3H3,(H2,19,21,25). The van der Waals surface area contributed by atoms with E-state index in [0.29, 0.717) is 12.2 Å². The molecule has 0 aliphatic heterocycles. The Hall–Kier alpha value is -2.38. The summed E-state index contributed by atoms with van der Waals surface area (Å²) in [7, 11) is 6.24. The monoisotopic (exact) mass is 344 g/mol. The number of nitrogens with zero attached hydrogens (tertiary/aromatic N) is 4. The maximum Gasteiger partial charge on any atom is 0.319 e. The number of amides is 2. The number of aromatic nitrogens is 2. The van der Waals surface area contributed by atoms with E-state index in [0.717, 1.165) is 31.7 Å². The van der Waals surface area contributed by atoms with Gasteiger partial charge in [0.1, 0.15) is 0 Å². The number of nitrogens with one attached hydrogen (secondary N) is 2. The lowest BCUT2D eigenvalue weighted by molar-refractivity contribution is 0.249. The topological polar surface area (TPSA) is 65.4 Å². The molecule has 2 aromatic rings. The van der Waals surface area contributed by atoms with Gasteiger partial charge in [-0.2, -0.15) is 5.10 Å². The van der Waals surface area contributed by atoms with Crippen LogP contribution in [0.1, 0.15) is 6.42 Å². The fourth-order valence-electron chi connectivity index (χ4n) is 2.32. The van der Waals surface area contributed by atoms with Crippen LogP contribution in [-0.2, 0) is 0 Å². The summed E-state index contributed by atoms with van der Waals surface area (Å²) in [5, 5.41) is 9.94. The highest BCUT2D eigenvalue weighted by atomic mass is 16.2. The number of para-hydroxylation sites is 1. The van der Waals surface area contributed by atoms with Crippen molar-refractivity contribution in [2.75, 3.05) is 52.6 Å². The molecule has 2 amide bonds. The first-order valence-corrected chi connectivity index (χ1v) is 8.53. The van der Waals surface area contributed by atoms with E-state index in [9.17, 15) is 4.79 Å². The second kappa shape index (κ2) is 9.80. The summed E-state index contributed by atoms with van der Waals surface area (Å²) in [6, 6.07) is 9.58. The SMILES string of the molecule is CN(C)CCN(C)CCCNC(=O)Nc1cnn(-c2ccccc2)c1. The highest BCUT2D eigenvalue weighted by Crippen LogP contribution is 2.10. The average Bonchev–Trinajstić information content (AvgIpc) is 3.06. The lowest BCUT2D eigenvalue weighted by atomic mass is 10.3. The van der Waals surface area contributed by atoms with Crippen LogP contribution in [-0.4, -0.2) is 72.9 Å². The van der Waals surface area contributed by atoms with Gasteiger partial charge in [0, 0.05) is 19.6 Å². The van der Waals surface area contributed by atoms with Crippen LogP contribution >= 0.6 is 0 Å². The van der Waals surface area contributed by atoms with E-state index in [4.69, 9.17) is 0 Å². The molecule has 7 nitrogen and oxygen atoms in total. The Morgan fingerprint density at radius 3 is 2.60 bits per heavy atom. The van der Waals surface area contributed by atoms with Crippen LogP contribution < -0.4 is 10.6 Å². The third kappa shape index (κ3) is 6.94. The Morgan fingerprint density at radius 2 is 1.88 bits per heavy atom. The fourth-order valence-corrected chi connectivity index (χ4v) is 2.32. The molecule has 1 aromatic carbocycles. The summed E-state index contributed by atoms with van der Waals surface area (Å²) in [6.07, 6.45) is 4.35. The number of rotatable bonds is 9. The van der Waals surface area contributed by atoms with Crippen LogP contribution in [0.15, 0.2) is 42.7 Å². The number of carbonyl (C=O) groups is 1. The molecular formula is C18H28N6O. The van der Waals surface area contributed by atoms with Gasteiger partial charge in [0.05, 0.1) is 23.8 Å². The van der Waals surface area contributed by atoms with E-state index >= 15 is 0 Å². The number of hydrogen-bond acceptors (Lipinski definition) is 4. The van der Waals surface area contributed by atoms with Crippen molar-refractivity contribution in [3.63, 3.8) is 0 Å². The van der Waals surface area contributed by atoms with Crippen molar-refractivity contribution in [1.82, 2.24) is 24.9 Å². The van der Waals surface area contributed by atoms with Crippen molar-refractivity contribution in [1.29, 1.82) is 0 Å². The molecule has 0 bridgehead atoms. The first-order chi connectivity index (χ1) is 12.0.